The van der Waals surface area contributed by atoms with Crippen LogP contribution in [-0.4, -0.2) is 28.0 Å². The molecule has 1 unspecified atom stereocenters. The molecule has 198 valence electrons. The van der Waals surface area contributed by atoms with Gasteiger partial charge in [-0.15, -0.1) is 22.7 Å². The lowest BCUT2D eigenvalue weighted by atomic mass is 9.72. The minimum absolute atomic E-state index is 0.196. The Kier molecular flexibility index (Phi) is 7.24. The number of carbonyl (C=O) groups is 2. The average Bonchev–Trinajstić information content (AvgIpc) is 3.47. The monoisotopic (exact) mass is 549 g/mol. The zero-order valence-corrected chi connectivity index (χ0v) is 23.6. The predicted molar refractivity (Wildman–Crippen MR) is 153 cm³/mol. The van der Waals surface area contributed by atoms with Crippen LogP contribution in [0.3, 0.4) is 0 Å². The molecule has 1 aliphatic carbocycles. The second kappa shape index (κ2) is 10.5. The molecular formula is C29H31N3O4S2. The second-order valence-electron chi connectivity index (χ2n) is 10.7. The number of ether oxygens (including phenoxy) is 1. The molecule has 1 aromatic carbocycles. The van der Waals surface area contributed by atoms with Crippen molar-refractivity contribution < 1.29 is 14.3 Å². The summed E-state index contributed by atoms with van der Waals surface area (Å²) >= 11 is 2.86. The van der Waals surface area contributed by atoms with E-state index < -0.39 is 11.9 Å². The Balaban J connectivity index is 1.41. The third-order valence-electron chi connectivity index (χ3n) is 7.18. The molecule has 0 radical (unpaired) electrons. The van der Waals surface area contributed by atoms with Gasteiger partial charge >= 0.3 is 5.97 Å². The van der Waals surface area contributed by atoms with Crippen LogP contribution >= 0.6 is 22.7 Å². The Morgan fingerprint density at radius 1 is 1.21 bits per heavy atom. The summed E-state index contributed by atoms with van der Waals surface area (Å²) < 4.78 is 6.64. The van der Waals surface area contributed by atoms with Crippen molar-refractivity contribution in [2.75, 3.05) is 11.9 Å². The maximum atomic E-state index is 13.5. The molecule has 0 spiro atoms. The molecule has 3 aromatic heterocycles. The van der Waals surface area contributed by atoms with E-state index >= 15 is 0 Å². The van der Waals surface area contributed by atoms with Crippen LogP contribution in [-0.2, 0) is 28.9 Å². The molecular weight excluding hydrogens is 518 g/mol. The van der Waals surface area contributed by atoms with Gasteiger partial charge in [0, 0.05) is 15.8 Å². The molecule has 1 atom stereocenters. The van der Waals surface area contributed by atoms with Crippen LogP contribution in [0, 0.1) is 11.3 Å². The molecule has 9 heteroatoms. The number of hydrogen-bond donors (Lipinski definition) is 1. The van der Waals surface area contributed by atoms with Crippen LogP contribution in [0.1, 0.15) is 54.9 Å². The van der Waals surface area contributed by atoms with Crippen molar-refractivity contribution in [2.45, 2.75) is 53.5 Å². The van der Waals surface area contributed by atoms with Crippen LogP contribution < -0.4 is 10.9 Å². The Morgan fingerprint density at radius 2 is 1.97 bits per heavy atom. The van der Waals surface area contributed by atoms with E-state index in [0.29, 0.717) is 27.4 Å². The first-order valence-corrected chi connectivity index (χ1v) is 14.5. The van der Waals surface area contributed by atoms with Gasteiger partial charge in [-0.2, -0.15) is 0 Å². The summed E-state index contributed by atoms with van der Waals surface area (Å²) in [5.41, 5.74) is 2.98. The van der Waals surface area contributed by atoms with Crippen molar-refractivity contribution in [1.29, 1.82) is 0 Å². The highest BCUT2D eigenvalue weighted by Crippen LogP contribution is 2.42. The van der Waals surface area contributed by atoms with Crippen molar-refractivity contribution in [1.82, 2.24) is 9.55 Å². The van der Waals surface area contributed by atoms with Gasteiger partial charge < -0.3 is 10.1 Å². The standard InChI is InChI=1S/C29H31N3O4S2/c1-5-36-28(35)24-20(17-9-7-6-8-10-17)15-37-26(24)31-22(33)14-32-16-30-25-23(27(32)34)19-12-11-18(29(2,3)4)13-21(19)38-25/h6-10,15-16,18H,5,11-14H2,1-4H3,(H,31,33). The second-order valence-corrected chi connectivity index (χ2v) is 12.6. The van der Waals surface area contributed by atoms with Gasteiger partial charge in [0.05, 0.1) is 18.3 Å². The normalized spacial score (nSPS) is 15.3. The van der Waals surface area contributed by atoms with Gasteiger partial charge in [-0.1, -0.05) is 51.1 Å². The molecule has 5 rings (SSSR count). The van der Waals surface area contributed by atoms with Crippen LogP contribution in [0.4, 0.5) is 5.00 Å². The summed E-state index contributed by atoms with van der Waals surface area (Å²) in [6.07, 6.45) is 4.29. The maximum absolute atomic E-state index is 13.5. The van der Waals surface area contributed by atoms with Crippen LogP contribution in [0.25, 0.3) is 21.3 Å². The van der Waals surface area contributed by atoms with Gasteiger partial charge in [-0.25, -0.2) is 9.78 Å². The molecule has 0 fully saturated rings. The zero-order valence-electron chi connectivity index (χ0n) is 22.0. The number of hydrogen-bond acceptors (Lipinski definition) is 7. The van der Waals surface area contributed by atoms with Crippen molar-refractivity contribution in [3.05, 3.63) is 68.4 Å². The minimum Gasteiger partial charge on any atom is -0.462 e. The van der Waals surface area contributed by atoms with Crippen LogP contribution in [0.15, 0.2) is 46.8 Å². The SMILES string of the molecule is CCOC(=O)c1c(-c2ccccc2)csc1NC(=O)Cn1cnc2sc3c(c2c1=O)CCC(C(C)(C)C)C3. The number of nitrogens with zero attached hydrogens (tertiary/aromatic N) is 2. The Bertz CT molecular complexity index is 1560. The number of esters is 1. The van der Waals surface area contributed by atoms with Gasteiger partial charge in [0.25, 0.3) is 5.56 Å². The van der Waals surface area contributed by atoms with E-state index in [0.717, 1.165) is 35.2 Å². The lowest BCUT2D eigenvalue weighted by molar-refractivity contribution is -0.116. The molecule has 0 bridgehead atoms. The summed E-state index contributed by atoms with van der Waals surface area (Å²) in [7, 11) is 0. The Labute approximate surface area is 229 Å². The highest BCUT2D eigenvalue weighted by Gasteiger charge is 2.32. The Hall–Kier alpha value is -3.30. The average molecular weight is 550 g/mol. The first-order valence-electron chi connectivity index (χ1n) is 12.8. The number of carbonyl (C=O) groups excluding carboxylic acids is 2. The number of fused-ring (bicyclic) bond motifs is 3. The number of benzene rings is 1. The van der Waals surface area contributed by atoms with Crippen molar-refractivity contribution in [2.24, 2.45) is 11.3 Å². The molecule has 0 saturated heterocycles. The predicted octanol–water partition coefficient (Wildman–Crippen LogP) is 6.15. The lowest BCUT2D eigenvalue weighted by Crippen LogP contribution is -2.29. The van der Waals surface area contributed by atoms with Crippen molar-refractivity contribution >= 4 is 49.8 Å². The van der Waals surface area contributed by atoms with Gasteiger partial charge in [0.1, 0.15) is 21.9 Å². The minimum atomic E-state index is -0.499. The topological polar surface area (TPSA) is 90.3 Å². The first kappa shape index (κ1) is 26.3. The van der Waals surface area contributed by atoms with Crippen molar-refractivity contribution in [3.63, 3.8) is 0 Å². The molecule has 7 nitrogen and oxygen atoms in total. The van der Waals surface area contributed by atoms with E-state index in [4.69, 9.17) is 4.74 Å². The molecule has 38 heavy (non-hydrogen) atoms. The highest BCUT2D eigenvalue weighted by atomic mass is 32.1. The fraction of sp³-hybridized carbons (Fsp3) is 0.379. The maximum Gasteiger partial charge on any atom is 0.341 e. The van der Waals surface area contributed by atoms with E-state index in [1.807, 2.05) is 35.7 Å². The van der Waals surface area contributed by atoms with E-state index in [1.165, 1.54) is 27.1 Å². The molecule has 4 aromatic rings. The smallest absolute Gasteiger partial charge is 0.341 e. The summed E-state index contributed by atoms with van der Waals surface area (Å²) in [4.78, 5) is 45.9. The molecule has 0 aliphatic heterocycles. The van der Waals surface area contributed by atoms with Gasteiger partial charge in [-0.3, -0.25) is 14.2 Å². The van der Waals surface area contributed by atoms with Gasteiger partial charge in [0.2, 0.25) is 5.91 Å². The number of aromatic nitrogens is 2. The fourth-order valence-electron chi connectivity index (χ4n) is 5.06. The zero-order chi connectivity index (χ0) is 27.0. The number of amides is 1. The Morgan fingerprint density at radius 3 is 2.68 bits per heavy atom. The third-order valence-corrected chi connectivity index (χ3v) is 9.24. The van der Waals surface area contributed by atoms with E-state index in [-0.39, 0.29) is 24.1 Å². The van der Waals surface area contributed by atoms with Gasteiger partial charge in [-0.05, 0) is 48.6 Å². The van der Waals surface area contributed by atoms with Crippen molar-refractivity contribution in [3.8, 4) is 11.1 Å². The highest BCUT2D eigenvalue weighted by molar-refractivity contribution is 7.18. The summed E-state index contributed by atoms with van der Waals surface area (Å²) in [6, 6.07) is 9.49. The molecule has 1 N–H and O–H groups in total. The number of aryl methyl sites for hydroxylation is 1. The summed E-state index contributed by atoms with van der Waals surface area (Å²) in [5.74, 6) is -0.338. The third kappa shape index (κ3) is 5.05. The number of rotatable bonds is 6. The van der Waals surface area contributed by atoms with E-state index in [2.05, 4.69) is 31.1 Å². The lowest BCUT2D eigenvalue weighted by Gasteiger charge is -2.33. The largest absolute Gasteiger partial charge is 0.462 e. The summed E-state index contributed by atoms with van der Waals surface area (Å²) in [5, 5.41) is 5.71. The number of nitrogens with one attached hydrogen (secondary N) is 1. The van der Waals surface area contributed by atoms with E-state index in [1.54, 1.807) is 18.3 Å². The number of thiophene rings is 2. The molecule has 3 heterocycles. The van der Waals surface area contributed by atoms with Crippen LogP contribution in [0.5, 0.6) is 0 Å². The molecule has 0 saturated carbocycles. The van der Waals surface area contributed by atoms with Crippen LogP contribution in [0.2, 0.25) is 0 Å². The van der Waals surface area contributed by atoms with E-state index in [9.17, 15) is 14.4 Å². The quantitative estimate of drug-likeness (QED) is 0.291. The van der Waals surface area contributed by atoms with Gasteiger partial charge in [0.15, 0.2) is 0 Å². The summed E-state index contributed by atoms with van der Waals surface area (Å²) in [6.45, 7) is 8.57. The molecule has 1 aliphatic rings. The number of anilines is 1. The molecule has 1 amide bonds. The first-order chi connectivity index (χ1) is 18.2. The fourth-order valence-corrected chi connectivity index (χ4v) is 7.29.